The largest absolute Gasteiger partial charge is 0.457 e. The van der Waals surface area contributed by atoms with Gasteiger partial charge >= 0.3 is 0 Å². The van der Waals surface area contributed by atoms with E-state index in [0.29, 0.717) is 0 Å². The van der Waals surface area contributed by atoms with E-state index < -0.39 is 5.41 Å². The molecule has 1 aliphatic carbocycles. The number of para-hydroxylation sites is 8. The van der Waals surface area contributed by atoms with E-state index in [-0.39, 0.29) is 0 Å². The van der Waals surface area contributed by atoms with Gasteiger partial charge in [0.2, 0.25) is 0 Å². The van der Waals surface area contributed by atoms with Crippen LogP contribution < -0.4 is 4.74 Å². The summed E-state index contributed by atoms with van der Waals surface area (Å²) < 4.78 is 16.6. The molecule has 362 valence electrons. The second-order valence-corrected chi connectivity index (χ2v) is 21.2. The molecule has 1 aliphatic heterocycles. The first-order valence-corrected chi connectivity index (χ1v) is 26.9. The van der Waals surface area contributed by atoms with Crippen LogP contribution in [0, 0.1) is 0 Å². The number of rotatable bonds is 4. The number of hydrogen-bond donors (Lipinski definition) is 0. The molecule has 5 nitrogen and oxygen atoms in total. The Hall–Kier alpha value is -10.4. The lowest BCUT2D eigenvalue weighted by Crippen LogP contribution is -2.32. The lowest BCUT2D eigenvalue weighted by Gasteiger charge is -2.39. The van der Waals surface area contributed by atoms with Crippen molar-refractivity contribution < 1.29 is 4.74 Å². The monoisotopic (exact) mass is 992 g/mol. The summed E-state index contributed by atoms with van der Waals surface area (Å²) in [6, 6.07) is 98.6. The highest BCUT2D eigenvalue weighted by molar-refractivity contribution is 6.14. The third kappa shape index (κ3) is 5.39. The van der Waals surface area contributed by atoms with Crippen molar-refractivity contribution in [1.82, 2.24) is 18.3 Å². The molecule has 2 aliphatic rings. The molecule has 0 unspecified atom stereocenters. The van der Waals surface area contributed by atoms with Gasteiger partial charge in [-0.3, -0.25) is 0 Å². The minimum absolute atomic E-state index is 0.675. The van der Waals surface area contributed by atoms with Crippen LogP contribution in [0.3, 0.4) is 0 Å². The second-order valence-electron chi connectivity index (χ2n) is 21.2. The number of nitrogens with zero attached hydrogens (tertiary/aromatic N) is 4. The van der Waals surface area contributed by atoms with E-state index in [1.807, 2.05) is 0 Å². The van der Waals surface area contributed by atoms with Crippen molar-refractivity contribution in [2.24, 2.45) is 0 Å². The molecule has 5 heterocycles. The Morgan fingerprint density at radius 2 is 0.538 bits per heavy atom. The Balaban J connectivity index is 0.863. The van der Waals surface area contributed by atoms with Gasteiger partial charge in [0.15, 0.2) is 0 Å². The van der Waals surface area contributed by atoms with Crippen LogP contribution in [0.4, 0.5) is 0 Å². The van der Waals surface area contributed by atoms with Gasteiger partial charge in [-0.05, 0) is 131 Å². The first-order valence-electron chi connectivity index (χ1n) is 26.9. The van der Waals surface area contributed by atoms with Gasteiger partial charge in [-0.25, -0.2) is 0 Å². The van der Waals surface area contributed by atoms with E-state index in [2.05, 4.69) is 285 Å². The number of ether oxygens (including phenoxy) is 1. The quantitative estimate of drug-likeness (QED) is 0.173. The van der Waals surface area contributed by atoms with Crippen LogP contribution in [0.15, 0.2) is 267 Å². The standard InChI is InChI=1S/C73H44N4O/c1-9-25-63-50(17-1)51-18-2-10-26-64(51)74(63)46-35-39-69-57(42-46)54-21-5-13-29-67(54)76(69)45-34-38-59-56(41-45)49-37-33-48(44-62(49)73(59)60-23-7-15-31-71(60)78-72-32-16-8-24-61(72)73)77-68-30-14-6-22-55(68)58-43-47(36-40-70(58)77)75-65-27-11-3-19-52(65)53-20-4-12-28-66(53)75/h1-44H. The van der Waals surface area contributed by atoms with Crippen molar-refractivity contribution in [1.29, 1.82) is 0 Å². The Morgan fingerprint density at radius 1 is 0.218 bits per heavy atom. The van der Waals surface area contributed by atoms with Gasteiger partial charge in [-0.2, -0.15) is 0 Å². The SMILES string of the molecule is c1ccc2c(c1)Oc1ccccc1C21c2ccc(-n3c4ccccc4c4cc(-n5c6ccccc6c6ccccc65)ccc43)cc2-c2ccc(-n3c4ccccc4c4cc(-n5c6ccccc6c6ccccc65)ccc43)cc21. The molecule has 78 heavy (non-hydrogen) atoms. The molecule has 0 bridgehead atoms. The van der Waals surface area contributed by atoms with Crippen molar-refractivity contribution >= 4 is 87.2 Å². The van der Waals surface area contributed by atoms with Crippen LogP contribution in [0.25, 0.3) is 121 Å². The van der Waals surface area contributed by atoms with Gasteiger partial charge in [0.05, 0.1) is 49.5 Å². The minimum Gasteiger partial charge on any atom is -0.457 e. The fraction of sp³-hybridized carbons (Fsp3) is 0.0137. The van der Waals surface area contributed by atoms with Crippen LogP contribution in [-0.4, -0.2) is 18.3 Å². The fourth-order valence-corrected chi connectivity index (χ4v) is 14.3. The van der Waals surface area contributed by atoms with E-state index in [0.717, 1.165) is 50.9 Å². The van der Waals surface area contributed by atoms with Gasteiger partial charge in [-0.15, -0.1) is 0 Å². The first-order chi connectivity index (χ1) is 38.7. The molecule has 0 saturated heterocycles. The molecule has 16 aromatic rings. The molecule has 0 fully saturated rings. The van der Waals surface area contributed by atoms with Crippen molar-refractivity contribution in [3.8, 4) is 45.4 Å². The Bertz CT molecular complexity index is 5120. The summed E-state index contributed by atoms with van der Waals surface area (Å²) in [5, 5.41) is 9.89. The molecular weight excluding hydrogens is 949 g/mol. The van der Waals surface area contributed by atoms with Gasteiger partial charge < -0.3 is 23.0 Å². The highest BCUT2D eigenvalue weighted by Gasteiger charge is 2.51. The third-order valence-corrected chi connectivity index (χ3v) is 17.4. The van der Waals surface area contributed by atoms with Crippen molar-refractivity contribution in [3.05, 3.63) is 289 Å². The van der Waals surface area contributed by atoms with Crippen molar-refractivity contribution in [2.75, 3.05) is 0 Å². The summed E-state index contributed by atoms with van der Waals surface area (Å²) in [7, 11) is 0. The molecule has 0 N–H and O–H groups in total. The predicted molar refractivity (Wildman–Crippen MR) is 321 cm³/mol. The smallest absolute Gasteiger partial charge is 0.132 e. The number of aromatic nitrogens is 4. The minimum atomic E-state index is -0.675. The molecule has 1 spiro atoms. The highest BCUT2D eigenvalue weighted by atomic mass is 16.5. The van der Waals surface area contributed by atoms with Gasteiger partial charge in [0, 0.05) is 77.0 Å². The van der Waals surface area contributed by atoms with Crippen molar-refractivity contribution in [2.45, 2.75) is 5.41 Å². The lowest BCUT2D eigenvalue weighted by molar-refractivity contribution is 0.436. The zero-order valence-electron chi connectivity index (χ0n) is 42.1. The summed E-state index contributed by atoms with van der Waals surface area (Å²) >= 11 is 0. The lowest BCUT2D eigenvalue weighted by atomic mass is 9.66. The molecule has 0 radical (unpaired) electrons. The second kappa shape index (κ2) is 15.4. The third-order valence-electron chi connectivity index (χ3n) is 17.4. The maximum atomic E-state index is 6.86. The van der Waals surface area contributed by atoms with Crippen LogP contribution in [0.5, 0.6) is 11.5 Å². The average molecular weight is 993 g/mol. The maximum Gasteiger partial charge on any atom is 0.132 e. The fourth-order valence-electron chi connectivity index (χ4n) is 14.3. The average Bonchev–Trinajstić information content (AvgIpc) is 3.92. The molecular formula is C73H44N4O. The van der Waals surface area contributed by atoms with Gasteiger partial charge in [-0.1, -0.05) is 158 Å². The molecule has 0 amide bonds. The molecule has 0 saturated carbocycles. The van der Waals surface area contributed by atoms with E-state index in [9.17, 15) is 0 Å². The van der Waals surface area contributed by atoms with E-state index >= 15 is 0 Å². The summed E-state index contributed by atoms with van der Waals surface area (Å²) in [6.07, 6.45) is 0. The highest BCUT2D eigenvalue weighted by Crippen LogP contribution is 2.63. The molecule has 12 aromatic carbocycles. The van der Waals surface area contributed by atoms with E-state index in [1.54, 1.807) is 0 Å². The Labute approximate surface area is 447 Å². The summed E-state index contributed by atoms with van der Waals surface area (Å²) in [4.78, 5) is 0. The molecule has 4 aromatic heterocycles. The number of benzene rings is 12. The van der Waals surface area contributed by atoms with Crippen LogP contribution in [0.2, 0.25) is 0 Å². The van der Waals surface area contributed by atoms with Crippen LogP contribution in [-0.2, 0) is 5.41 Å². The van der Waals surface area contributed by atoms with E-state index in [4.69, 9.17) is 4.74 Å². The summed E-state index contributed by atoms with van der Waals surface area (Å²) in [6.45, 7) is 0. The normalized spacial score (nSPS) is 13.3. The van der Waals surface area contributed by atoms with Gasteiger partial charge in [0.1, 0.15) is 11.5 Å². The van der Waals surface area contributed by atoms with Crippen LogP contribution in [0.1, 0.15) is 22.3 Å². The molecule has 18 rings (SSSR count). The number of hydrogen-bond acceptors (Lipinski definition) is 1. The Kier molecular flexibility index (Phi) is 8.27. The van der Waals surface area contributed by atoms with Crippen molar-refractivity contribution in [3.63, 3.8) is 0 Å². The first kappa shape index (κ1) is 41.9. The molecule has 5 heteroatoms. The Morgan fingerprint density at radius 3 is 0.974 bits per heavy atom. The van der Waals surface area contributed by atoms with E-state index in [1.165, 1.54) is 104 Å². The predicted octanol–water partition coefficient (Wildman–Crippen LogP) is 18.5. The summed E-state index contributed by atoms with van der Waals surface area (Å²) in [5.74, 6) is 1.75. The zero-order valence-corrected chi connectivity index (χ0v) is 42.1. The van der Waals surface area contributed by atoms with Gasteiger partial charge in [0.25, 0.3) is 0 Å². The zero-order chi connectivity index (χ0) is 50.8. The maximum absolute atomic E-state index is 6.86. The topological polar surface area (TPSA) is 28.9 Å². The number of fused-ring (bicyclic) bond motifs is 21. The molecule has 0 atom stereocenters. The summed E-state index contributed by atoms with van der Waals surface area (Å²) in [5.41, 5.74) is 20.5. The van der Waals surface area contributed by atoms with Crippen LogP contribution >= 0.6 is 0 Å².